The van der Waals surface area contributed by atoms with Crippen LogP contribution in [0.15, 0.2) is 18.2 Å². The molecule has 13 heteroatoms. The molecule has 6 nitrogen and oxygen atoms in total. The van der Waals surface area contributed by atoms with Crippen molar-refractivity contribution in [2.75, 3.05) is 19.4 Å². The molecule has 1 N–H and O–H groups in total. The lowest BCUT2D eigenvalue weighted by Crippen LogP contribution is -2.55. The largest absolute Gasteiger partial charge is 0.494 e. The number of aliphatic hydroxyl groups is 1. The van der Waals surface area contributed by atoms with Crippen molar-refractivity contribution in [2.24, 2.45) is 0 Å². The summed E-state index contributed by atoms with van der Waals surface area (Å²) in [5.74, 6) is 0.0284. The fourth-order valence-corrected chi connectivity index (χ4v) is 4.23. The third-order valence-corrected chi connectivity index (χ3v) is 5.84. The first-order chi connectivity index (χ1) is 13.9. The molecule has 1 aromatic carbocycles. The topological polar surface area (TPSA) is 76.1 Å². The molecule has 1 aromatic rings. The first kappa shape index (κ1) is 25.5. The number of halogens is 6. The van der Waals surface area contributed by atoms with Crippen molar-refractivity contribution in [2.45, 2.75) is 56.8 Å². The summed E-state index contributed by atoms with van der Waals surface area (Å²) in [6.07, 6.45) is -11.8. The zero-order chi connectivity index (χ0) is 23.8. The molecule has 0 saturated heterocycles. The smallest absolute Gasteiger partial charge is 0.402 e. The summed E-state index contributed by atoms with van der Waals surface area (Å²) in [5, 5.41) is 10.7. The average molecular weight is 479 g/mol. The minimum Gasteiger partial charge on any atom is -0.494 e. The van der Waals surface area contributed by atoms with Crippen LogP contribution in [0.1, 0.15) is 38.3 Å². The van der Waals surface area contributed by atoms with E-state index < -0.39 is 53.1 Å². The molecule has 1 aliphatic heterocycles. The van der Waals surface area contributed by atoms with Gasteiger partial charge in [0.05, 0.1) is 18.9 Å². The molecule has 0 fully saturated rings. The van der Waals surface area contributed by atoms with Crippen LogP contribution >= 0.6 is 0 Å². The summed E-state index contributed by atoms with van der Waals surface area (Å²) in [4.78, 5) is 0. The second kappa shape index (κ2) is 8.66. The molecule has 1 aliphatic rings. The summed E-state index contributed by atoms with van der Waals surface area (Å²) in [7, 11) is -4.44. The van der Waals surface area contributed by atoms with Crippen molar-refractivity contribution in [3.63, 3.8) is 0 Å². The number of nitrogens with zero attached hydrogens (tertiary/aromatic N) is 1. The summed E-state index contributed by atoms with van der Waals surface area (Å²) >= 11 is 0. The number of ether oxygens (including phenoxy) is 2. The highest BCUT2D eigenvalue weighted by Crippen LogP contribution is 2.45. The standard InChI is InChI=1S/C18H23F6NO5S/c1-16(2)15(26)14(25(31(3,27)28)10-18(22,23)24)12-9-11(5-6-13(12)30-16)29-8-4-7-17(19,20)21/h5-6,9,14-15,26H,4,7-8,10H2,1-3H3. The quantitative estimate of drug-likeness (QED) is 0.476. The Hall–Kier alpha value is -1.73. The van der Waals surface area contributed by atoms with Crippen LogP contribution in [-0.2, 0) is 10.0 Å². The molecule has 0 amide bonds. The second-order valence-corrected chi connectivity index (χ2v) is 9.72. The number of benzene rings is 1. The van der Waals surface area contributed by atoms with E-state index in [1.54, 1.807) is 0 Å². The predicted molar refractivity (Wildman–Crippen MR) is 98.3 cm³/mol. The number of alkyl halides is 6. The molecular weight excluding hydrogens is 456 g/mol. The highest BCUT2D eigenvalue weighted by molar-refractivity contribution is 7.88. The molecule has 0 radical (unpaired) electrons. The SMILES string of the molecule is CC1(C)Oc2ccc(OCCCC(F)(F)F)cc2C(N(CC(F)(F)F)S(C)(=O)=O)C1O. The van der Waals surface area contributed by atoms with E-state index in [9.17, 15) is 39.9 Å². The Labute approximate surface area is 175 Å². The summed E-state index contributed by atoms with van der Waals surface area (Å²) in [6, 6.07) is 2.16. The lowest BCUT2D eigenvalue weighted by Gasteiger charge is -2.45. The van der Waals surface area contributed by atoms with Crippen LogP contribution in [-0.4, -0.2) is 61.3 Å². The van der Waals surface area contributed by atoms with Crippen molar-refractivity contribution < 1.29 is 49.3 Å². The first-order valence-corrected chi connectivity index (χ1v) is 11.0. The normalized spacial score (nSPS) is 21.5. The van der Waals surface area contributed by atoms with E-state index in [4.69, 9.17) is 9.47 Å². The number of sulfonamides is 1. The van der Waals surface area contributed by atoms with Gasteiger partial charge in [0, 0.05) is 12.0 Å². The molecule has 178 valence electrons. The molecule has 0 saturated carbocycles. The number of fused-ring (bicyclic) bond motifs is 1. The van der Waals surface area contributed by atoms with Crippen molar-refractivity contribution in [3.05, 3.63) is 23.8 Å². The van der Waals surface area contributed by atoms with Crippen LogP contribution in [0.3, 0.4) is 0 Å². The van der Waals surface area contributed by atoms with Crippen LogP contribution in [0, 0.1) is 0 Å². The van der Waals surface area contributed by atoms with Gasteiger partial charge in [-0.15, -0.1) is 0 Å². The number of rotatable bonds is 7. The Kier molecular flexibility index (Phi) is 7.13. The molecule has 2 rings (SSSR count). The van der Waals surface area contributed by atoms with Crippen LogP contribution in [0.25, 0.3) is 0 Å². The number of hydrogen-bond donors (Lipinski definition) is 1. The monoisotopic (exact) mass is 479 g/mol. The molecular formula is C18H23F6NO5S. The maximum Gasteiger partial charge on any atom is 0.402 e. The van der Waals surface area contributed by atoms with Crippen molar-refractivity contribution in [1.29, 1.82) is 0 Å². The molecule has 0 bridgehead atoms. The Bertz CT molecular complexity index is 884. The predicted octanol–water partition coefficient (Wildman–Crippen LogP) is 3.80. The second-order valence-electron chi connectivity index (χ2n) is 7.79. The van der Waals surface area contributed by atoms with Gasteiger partial charge in [-0.3, -0.25) is 0 Å². The average Bonchev–Trinajstić information content (AvgIpc) is 2.56. The lowest BCUT2D eigenvalue weighted by molar-refractivity contribution is -0.152. The molecule has 0 aliphatic carbocycles. The zero-order valence-electron chi connectivity index (χ0n) is 16.9. The van der Waals surface area contributed by atoms with Gasteiger partial charge in [0.2, 0.25) is 10.0 Å². The molecule has 2 atom stereocenters. The van der Waals surface area contributed by atoms with Crippen LogP contribution < -0.4 is 9.47 Å². The van der Waals surface area contributed by atoms with E-state index in [0.717, 1.165) is 0 Å². The van der Waals surface area contributed by atoms with E-state index in [1.165, 1.54) is 32.0 Å². The highest BCUT2D eigenvalue weighted by Gasteiger charge is 2.50. The molecule has 0 aromatic heterocycles. The first-order valence-electron chi connectivity index (χ1n) is 9.15. The van der Waals surface area contributed by atoms with E-state index in [2.05, 4.69) is 0 Å². The van der Waals surface area contributed by atoms with Gasteiger partial charge >= 0.3 is 12.4 Å². The maximum absolute atomic E-state index is 13.1. The summed E-state index contributed by atoms with van der Waals surface area (Å²) in [6.45, 7) is 0.613. The Morgan fingerprint density at radius 2 is 1.77 bits per heavy atom. The van der Waals surface area contributed by atoms with E-state index in [1.807, 2.05) is 0 Å². The summed E-state index contributed by atoms with van der Waals surface area (Å²) < 4.78 is 112. The van der Waals surface area contributed by atoms with E-state index in [-0.39, 0.29) is 34.4 Å². The van der Waals surface area contributed by atoms with Gasteiger partial charge in [0.25, 0.3) is 0 Å². The molecule has 2 unspecified atom stereocenters. The third-order valence-electron chi connectivity index (χ3n) is 4.63. The minimum atomic E-state index is -4.89. The zero-order valence-corrected chi connectivity index (χ0v) is 17.7. The van der Waals surface area contributed by atoms with Gasteiger partial charge in [0.1, 0.15) is 29.7 Å². The van der Waals surface area contributed by atoms with Gasteiger partial charge in [-0.25, -0.2) is 8.42 Å². The Balaban J connectivity index is 2.42. The van der Waals surface area contributed by atoms with Gasteiger partial charge in [-0.05, 0) is 38.5 Å². The highest BCUT2D eigenvalue weighted by atomic mass is 32.2. The van der Waals surface area contributed by atoms with Gasteiger partial charge in [-0.1, -0.05) is 0 Å². The fourth-order valence-electron chi connectivity index (χ4n) is 3.21. The minimum absolute atomic E-state index is 0.00175. The van der Waals surface area contributed by atoms with Gasteiger partial charge in [0.15, 0.2) is 0 Å². The van der Waals surface area contributed by atoms with Gasteiger partial charge < -0.3 is 14.6 Å². The maximum atomic E-state index is 13.1. The molecule has 31 heavy (non-hydrogen) atoms. The Morgan fingerprint density at radius 1 is 1.16 bits per heavy atom. The number of hydrogen-bond acceptors (Lipinski definition) is 5. The number of aliphatic hydroxyl groups excluding tert-OH is 1. The van der Waals surface area contributed by atoms with Crippen molar-refractivity contribution in [1.82, 2.24) is 4.31 Å². The molecule has 1 heterocycles. The summed E-state index contributed by atoms with van der Waals surface area (Å²) in [5.41, 5.74) is -1.52. The van der Waals surface area contributed by atoms with Crippen molar-refractivity contribution in [3.8, 4) is 11.5 Å². The molecule has 0 spiro atoms. The fraction of sp³-hybridized carbons (Fsp3) is 0.667. The van der Waals surface area contributed by atoms with Crippen LogP contribution in [0.2, 0.25) is 0 Å². The lowest BCUT2D eigenvalue weighted by atomic mass is 9.86. The third kappa shape index (κ3) is 6.88. The van der Waals surface area contributed by atoms with Crippen LogP contribution in [0.5, 0.6) is 11.5 Å². The van der Waals surface area contributed by atoms with E-state index in [0.29, 0.717) is 6.26 Å². The van der Waals surface area contributed by atoms with Gasteiger partial charge in [-0.2, -0.15) is 30.6 Å². The Morgan fingerprint density at radius 3 is 2.29 bits per heavy atom. The van der Waals surface area contributed by atoms with E-state index >= 15 is 0 Å². The van der Waals surface area contributed by atoms with Crippen LogP contribution in [0.4, 0.5) is 26.3 Å². The van der Waals surface area contributed by atoms with Crippen molar-refractivity contribution >= 4 is 10.0 Å².